The van der Waals surface area contributed by atoms with Gasteiger partial charge in [0.05, 0.1) is 0 Å². The molecule has 1 fully saturated rings. The number of hydrogen-bond donors (Lipinski definition) is 1. The van der Waals surface area contributed by atoms with E-state index in [1.807, 2.05) is 0 Å². The van der Waals surface area contributed by atoms with Crippen LogP contribution in [0.25, 0.3) is 0 Å². The van der Waals surface area contributed by atoms with Gasteiger partial charge >= 0.3 is 0 Å². The zero-order valence-electron chi connectivity index (χ0n) is 6.47. The van der Waals surface area contributed by atoms with E-state index in [1.165, 1.54) is 19.3 Å². The molecule has 2 heteroatoms. The van der Waals surface area contributed by atoms with E-state index in [0.717, 1.165) is 0 Å². The summed E-state index contributed by atoms with van der Waals surface area (Å²) in [5, 5.41) is 0. The van der Waals surface area contributed by atoms with E-state index in [9.17, 15) is 4.79 Å². The number of ketones is 1. The van der Waals surface area contributed by atoms with Crippen LogP contribution in [-0.2, 0) is 4.79 Å². The maximum atomic E-state index is 10.6. The van der Waals surface area contributed by atoms with Crippen molar-refractivity contribution in [3.8, 4) is 0 Å². The highest BCUT2D eigenvalue weighted by Crippen LogP contribution is 2.29. The highest BCUT2D eigenvalue weighted by molar-refractivity contribution is 5.76. The Bertz CT molecular complexity index is 129. The third-order valence-electron chi connectivity index (χ3n) is 2.28. The summed E-state index contributed by atoms with van der Waals surface area (Å²) in [4.78, 5) is 10.6. The third-order valence-corrected chi connectivity index (χ3v) is 2.28. The topological polar surface area (TPSA) is 43.1 Å². The van der Waals surface area contributed by atoms with E-state index in [4.69, 9.17) is 5.73 Å². The molecular formula is C8H15NO. The van der Waals surface area contributed by atoms with Crippen molar-refractivity contribution >= 4 is 5.78 Å². The summed E-state index contributed by atoms with van der Waals surface area (Å²) in [6.45, 7) is 1.61. The van der Waals surface area contributed by atoms with Crippen LogP contribution in [0.3, 0.4) is 0 Å². The van der Waals surface area contributed by atoms with Crippen molar-refractivity contribution in [2.45, 2.75) is 38.6 Å². The third kappa shape index (κ3) is 1.81. The van der Waals surface area contributed by atoms with E-state index in [1.54, 1.807) is 6.92 Å². The Kier molecular flexibility index (Phi) is 2.44. The summed E-state index contributed by atoms with van der Waals surface area (Å²) in [6.07, 6.45) is 4.34. The summed E-state index contributed by atoms with van der Waals surface area (Å²) in [7, 11) is 0. The van der Waals surface area contributed by atoms with Gasteiger partial charge in [0.15, 0.2) is 0 Å². The zero-order valence-corrected chi connectivity index (χ0v) is 6.47. The van der Waals surface area contributed by atoms with Crippen LogP contribution in [0.5, 0.6) is 0 Å². The minimum atomic E-state index is 0.145. The first-order valence-electron chi connectivity index (χ1n) is 3.95. The lowest BCUT2D eigenvalue weighted by Crippen LogP contribution is -2.35. The summed E-state index contributed by atoms with van der Waals surface area (Å²) in [5.74, 6) is 0.864. The minimum Gasteiger partial charge on any atom is -0.327 e. The molecule has 0 heterocycles. The lowest BCUT2D eigenvalue weighted by atomic mass is 9.78. The average molecular weight is 141 g/mol. The lowest BCUT2D eigenvalue weighted by molar-refractivity contribution is -0.117. The largest absolute Gasteiger partial charge is 0.327 e. The molecule has 2 nitrogen and oxygen atoms in total. The van der Waals surface area contributed by atoms with E-state index in [2.05, 4.69) is 0 Å². The monoisotopic (exact) mass is 141 g/mol. The van der Waals surface area contributed by atoms with Crippen LogP contribution in [0, 0.1) is 5.92 Å². The van der Waals surface area contributed by atoms with Gasteiger partial charge in [0, 0.05) is 12.5 Å². The standard InChI is InChI=1S/C8H15NO/c1-6(10)5-8(9)7-3-2-4-7/h7-8H,2-5,9H2,1H3. The number of carbonyl (C=O) groups excluding carboxylic acids is 1. The summed E-state index contributed by atoms with van der Waals surface area (Å²) in [5.41, 5.74) is 5.76. The van der Waals surface area contributed by atoms with E-state index in [-0.39, 0.29) is 11.8 Å². The normalized spacial score (nSPS) is 21.8. The Balaban J connectivity index is 2.19. The molecule has 1 saturated carbocycles. The van der Waals surface area contributed by atoms with Crippen molar-refractivity contribution in [3.05, 3.63) is 0 Å². The summed E-state index contributed by atoms with van der Waals surface area (Å²) in [6, 6.07) is 0.145. The number of carbonyl (C=O) groups is 1. The fraction of sp³-hybridized carbons (Fsp3) is 0.875. The molecule has 1 aliphatic rings. The Morgan fingerprint density at radius 3 is 2.60 bits per heavy atom. The molecular weight excluding hydrogens is 126 g/mol. The molecule has 1 aliphatic carbocycles. The summed E-state index contributed by atoms with van der Waals surface area (Å²) < 4.78 is 0. The second-order valence-corrected chi connectivity index (χ2v) is 3.26. The molecule has 0 aromatic heterocycles. The van der Waals surface area contributed by atoms with Gasteiger partial charge in [0.25, 0.3) is 0 Å². The van der Waals surface area contributed by atoms with Crippen LogP contribution in [0.4, 0.5) is 0 Å². The lowest BCUT2D eigenvalue weighted by Gasteiger charge is -2.30. The number of rotatable bonds is 3. The minimum absolute atomic E-state index is 0.145. The molecule has 0 bridgehead atoms. The Morgan fingerprint density at radius 2 is 2.30 bits per heavy atom. The average Bonchev–Trinajstić information content (AvgIpc) is 1.55. The molecule has 1 rings (SSSR count). The van der Waals surface area contributed by atoms with E-state index < -0.39 is 0 Å². The van der Waals surface area contributed by atoms with Gasteiger partial charge in [-0.3, -0.25) is 4.79 Å². The Labute approximate surface area is 61.8 Å². The van der Waals surface area contributed by atoms with Gasteiger partial charge in [0.2, 0.25) is 0 Å². The molecule has 0 spiro atoms. The van der Waals surface area contributed by atoms with Gasteiger partial charge in [-0.15, -0.1) is 0 Å². The van der Waals surface area contributed by atoms with Gasteiger partial charge in [-0.25, -0.2) is 0 Å². The predicted octanol–water partition coefficient (Wildman–Crippen LogP) is 1.09. The van der Waals surface area contributed by atoms with Gasteiger partial charge < -0.3 is 5.73 Å². The van der Waals surface area contributed by atoms with Crippen molar-refractivity contribution in [3.63, 3.8) is 0 Å². The maximum Gasteiger partial charge on any atom is 0.131 e. The number of hydrogen-bond acceptors (Lipinski definition) is 2. The van der Waals surface area contributed by atoms with Crippen molar-refractivity contribution in [1.29, 1.82) is 0 Å². The highest BCUT2D eigenvalue weighted by atomic mass is 16.1. The second-order valence-electron chi connectivity index (χ2n) is 3.26. The molecule has 0 amide bonds. The molecule has 10 heavy (non-hydrogen) atoms. The van der Waals surface area contributed by atoms with Crippen molar-refractivity contribution < 1.29 is 4.79 Å². The molecule has 0 aliphatic heterocycles. The molecule has 0 aromatic carbocycles. The fourth-order valence-electron chi connectivity index (χ4n) is 1.37. The van der Waals surface area contributed by atoms with Crippen LogP contribution < -0.4 is 5.73 Å². The smallest absolute Gasteiger partial charge is 0.131 e. The molecule has 0 saturated heterocycles. The van der Waals surface area contributed by atoms with Gasteiger partial charge in [0.1, 0.15) is 5.78 Å². The second kappa shape index (κ2) is 3.15. The molecule has 1 atom stereocenters. The van der Waals surface area contributed by atoms with Crippen LogP contribution in [0.2, 0.25) is 0 Å². The predicted molar refractivity (Wildman–Crippen MR) is 40.6 cm³/mol. The van der Waals surface area contributed by atoms with E-state index in [0.29, 0.717) is 12.3 Å². The quantitative estimate of drug-likeness (QED) is 0.639. The van der Waals surface area contributed by atoms with Crippen LogP contribution in [0.15, 0.2) is 0 Å². The van der Waals surface area contributed by atoms with Crippen LogP contribution >= 0.6 is 0 Å². The van der Waals surface area contributed by atoms with Crippen LogP contribution in [0.1, 0.15) is 32.6 Å². The maximum absolute atomic E-state index is 10.6. The SMILES string of the molecule is CC(=O)CC(N)C1CCC1. The zero-order chi connectivity index (χ0) is 7.56. The fourth-order valence-corrected chi connectivity index (χ4v) is 1.37. The van der Waals surface area contributed by atoms with Crippen molar-refractivity contribution in [2.75, 3.05) is 0 Å². The Morgan fingerprint density at radius 1 is 1.70 bits per heavy atom. The van der Waals surface area contributed by atoms with Crippen molar-refractivity contribution in [1.82, 2.24) is 0 Å². The molecule has 0 radical (unpaired) electrons. The molecule has 0 aromatic rings. The molecule has 1 unspecified atom stereocenters. The number of Topliss-reactive ketones (excluding diaryl/α,β-unsaturated/α-hetero) is 1. The van der Waals surface area contributed by atoms with Gasteiger partial charge in [-0.1, -0.05) is 6.42 Å². The van der Waals surface area contributed by atoms with Gasteiger partial charge in [-0.05, 0) is 25.7 Å². The first-order valence-corrected chi connectivity index (χ1v) is 3.95. The summed E-state index contributed by atoms with van der Waals surface area (Å²) >= 11 is 0. The van der Waals surface area contributed by atoms with Gasteiger partial charge in [-0.2, -0.15) is 0 Å². The molecule has 58 valence electrons. The first kappa shape index (κ1) is 7.73. The molecule has 2 N–H and O–H groups in total. The highest BCUT2D eigenvalue weighted by Gasteiger charge is 2.24. The van der Waals surface area contributed by atoms with Crippen molar-refractivity contribution in [2.24, 2.45) is 11.7 Å². The van der Waals surface area contributed by atoms with E-state index >= 15 is 0 Å². The van der Waals surface area contributed by atoms with Crippen LogP contribution in [-0.4, -0.2) is 11.8 Å². The first-order chi connectivity index (χ1) is 4.70. The number of nitrogens with two attached hydrogens (primary N) is 1. The Hall–Kier alpha value is -0.370.